The zero-order valence-electron chi connectivity index (χ0n) is 51.0. The van der Waals surface area contributed by atoms with Gasteiger partial charge in [0.2, 0.25) is 35.4 Å². The van der Waals surface area contributed by atoms with Crippen molar-refractivity contribution in [2.75, 3.05) is 84.9 Å². The third kappa shape index (κ3) is 27.3. The number of nitrogens with two attached hydrogens (primary N) is 1. The summed E-state index contributed by atoms with van der Waals surface area (Å²) in [5.74, 6) is -4.02. The predicted octanol–water partition coefficient (Wildman–Crippen LogP) is 0.693. The molecule has 1 fully saturated rings. The molecule has 1 saturated carbocycles. The summed E-state index contributed by atoms with van der Waals surface area (Å²) in [6, 6.07) is -0.259. The molecule has 0 radical (unpaired) electrons. The number of nitrogens with zero attached hydrogens (tertiary/aromatic N) is 3. The second-order valence-electron chi connectivity index (χ2n) is 22.1. The van der Waals surface area contributed by atoms with E-state index in [1.807, 2.05) is 25.6 Å². The first-order valence-electron chi connectivity index (χ1n) is 29.7. The number of anilines is 1. The van der Waals surface area contributed by atoms with Crippen LogP contribution in [0.15, 0.2) is 24.3 Å². The molecule has 30 nitrogen and oxygen atoms in total. The number of urea groups is 1. The van der Waals surface area contributed by atoms with Gasteiger partial charge in [0.15, 0.2) is 0 Å². The highest BCUT2D eigenvalue weighted by Gasteiger charge is 2.50. The number of carbonyl (C=O) groups excluding carboxylic acids is 9. The Balaban J connectivity index is 1.12. The molecule has 2 aliphatic rings. The highest BCUT2D eigenvalue weighted by molar-refractivity contribution is 5.99. The van der Waals surface area contributed by atoms with E-state index in [2.05, 4.69) is 58.2 Å². The van der Waals surface area contributed by atoms with Crippen LogP contribution in [0.4, 0.5) is 20.1 Å². The standard InChI is InChI=1S/C57H91N13O17/c1-34(2)31-45(51(75)59-6)66-50(74)36(5)62-57(81)86-32-37-10-12-38(13-11-37)63-52(76)43(9-8-21-60-55(58)79)65-54(78)49(35(3)4)67-53(77)44(17-19-48(72)73)64-47(71)20-23-82-25-27-84-29-30-85-28-26-83-24-22-61-56(80)87-33-41-39-14-16-42-46(18-15-40(39)41)70(7)69-68-42/h10-13,34-36,39-41,43-45,49H,8-9,14-33H2,1-7H3,(H,59,75)(H,61,80)(H,62,81)(H,63,76)(H,64,71)(H,65,78)(H,66,74)(H,67,77)(H,72,73)(H3,58,60,79)/t36-,39?,40?,41?,43-,44-,45-,49-/m0/s1. The molecule has 1 aromatic carbocycles. The second-order valence-corrected chi connectivity index (χ2v) is 22.1. The smallest absolute Gasteiger partial charge is 0.408 e. The van der Waals surface area contributed by atoms with Gasteiger partial charge in [-0.15, -0.1) is 5.10 Å². The van der Waals surface area contributed by atoms with Gasteiger partial charge < -0.3 is 87.1 Å². The molecule has 0 aliphatic heterocycles. The first-order valence-corrected chi connectivity index (χ1v) is 29.7. The Hall–Kier alpha value is -7.70. The number of carbonyl (C=O) groups is 10. The number of hydrogen-bond donors (Lipinski definition) is 11. The van der Waals surface area contributed by atoms with E-state index in [9.17, 15) is 53.1 Å². The molecular weight excluding hydrogens is 1140 g/mol. The van der Waals surface area contributed by atoms with Crippen LogP contribution >= 0.6 is 0 Å². The summed E-state index contributed by atoms with van der Waals surface area (Å²) in [7, 11) is 3.39. The van der Waals surface area contributed by atoms with E-state index in [0.717, 1.165) is 31.4 Å². The number of ether oxygens (including phenoxy) is 6. The molecular formula is C57H91N13O17. The van der Waals surface area contributed by atoms with Crippen LogP contribution in [-0.4, -0.2) is 190 Å². The van der Waals surface area contributed by atoms with E-state index in [1.165, 1.54) is 31.8 Å². The average Bonchev–Trinajstić information content (AvgIpc) is 2.84. The summed E-state index contributed by atoms with van der Waals surface area (Å²) in [4.78, 5) is 127. The molecule has 4 rings (SSSR count). The minimum Gasteiger partial charge on any atom is -0.481 e. The lowest BCUT2D eigenvalue weighted by Crippen LogP contribution is -2.58. The number of aromatic nitrogens is 3. The quantitative estimate of drug-likeness (QED) is 0.0409. The number of carboxylic acid groups (broad SMARTS) is 1. The molecule has 10 amide bonds. The van der Waals surface area contributed by atoms with Gasteiger partial charge in [0.05, 0.1) is 70.8 Å². The van der Waals surface area contributed by atoms with Crippen molar-refractivity contribution in [3.05, 3.63) is 41.2 Å². The third-order valence-electron chi connectivity index (χ3n) is 14.5. The van der Waals surface area contributed by atoms with E-state index < -0.39 is 96.3 Å². The molecule has 0 saturated heterocycles. The highest BCUT2D eigenvalue weighted by Crippen LogP contribution is 2.52. The summed E-state index contributed by atoms with van der Waals surface area (Å²) in [6.07, 6.45) is 2.16. The number of amides is 10. The maximum absolute atomic E-state index is 13.9. The lowest BCUT2D eigenvalue weighted by atomic mass is 10.0. The Morgan fingerprint density at radius 3 is 1.90 bits per heavy atom. The minimum absolute atomic E-state index is 0.00661. The summed E-state index contributed by atoms with van der Waals surface area (Å²) < 4.78 is 34.7. The summed E-state index contributed by atoms with van der Waals surface area (Å²) in [5.41, 5.74) is 8.29. The Kier molecular flexibility index (Phi) is 31.7. The average molecular weight is 1230 g/mol. The van der Waals surface area contributed by atoms with Gasteiger partial charge in [-0.05, 0) is 106 Å². The van der Waals surface area contributed by atoms with Crippen molar-refractivity contribution in [3.63, 3.8) is 0 Å². The minimum atomic E-state index is -1.36. The van der Waals surface area contributed by atoms with E-state index in [1.54, 1.807) is 26.0 Å². The zero-order valence-corrected chi connectivity index (χ0v) is 51.0. The van der Waals surface area contributed by atoms with E-state index in [0.29, 0.717) is 75.0 Å². The zero-order chi connectivity index (χ0) is 63.8. The van der Waals surface area contributed by atoms with Gasteiger partial charge in [-0.2, -0.15) is 0 Å². The molecule has 486 valence electrons. The van der Waals surface area contributed by atoms with Crippen LogP contribution in [0.3, 0.4) is 0 Å². The number of rotatable bonds is 40. The van der Waals surface area contributed by atoms with E-state index in [4.69, 9.17) is 34.2 Å². The number of aliphatic carboxylic acids is 1. The molecule has 0 bridgehead atoms. The van der Waals surface area contributed by atoms with Crippen LogP contribution in [-0.2, 0) is 88.5 Å². The van der Waals surface area contributed by atoms with Gasteiger partial charge in [0.25, 0.3) is 0 Å². The second kappa shape index (κ2) is 38.5. The third-order valence-corrected chi connectivity index (χ3v) is 14.5. The van der Waals surface area contributed by atoms with Gasteiger partial charge in [-0.3, -0.25) is 38.2 Å². The molecule has 30 heteroatoms. The maximum atomic E-state index is 13.9. The fourth-order valence-electron chi connectivity index (χ4n) is 9.69. The molecule has 1 heterocycles. The Morgan fingerprint density at radius 2 is 1.28 bits per heavy atom. The van der Waals surface area contributed by atoms with E-state index >= 15 is 0 Å². The SMILES string of the molecule is CNC(=O)[C@H](CC(C)C)NC(=O)[C@H](C)NC(=O)OCc1ccc(NC(=O)[C@H](CCCNC(N)=O)NC(=O)[C@@H](NC(=O)[C@H](CCC(=O)O)NC(=O)CCOCCOCCOCCOCCNC(=O)OCC2C3CCc4nnn(C)c4CCC32)C(C)C)cc1. The number of fused-ring (bicyclic) bond motifs is 2. The number of nitrogens with one attached hydrogen (secondary N) is 9. The fraction of sp³-hybridized carbons (Fsp3) is 0.684. The number of benzene rings is 1. The number of carboxylic acids is 1. The van der Waals surface area contributed by atoms with Crippen molar-refractivity contribution in [1.82, 2.24) is 57.5 Å². The summed E-state index contributed by atoms with van der Waals surface area (Å²) in [6.45, 7) is 10.9. The van der Waals surface area contributed by atoms with Crippen molar-refractivity contribution in [2.24, 2.45) is 42.4 Å². The first kappa shape index (κ1) is 71.8. The molecule has 12 N–H and O–H groups in total. The van der Waals surface area contributed by atoms with Crippen LogP contribution < -0.4 is 53.6 Å². The van der Waals surface area contributed by atoms with Crippen LogP contribution in [0.1, 0.15) is 103 Å². The fourth-order valence-corrected chi connectivity index (χ4v) is 9.69. The maximum Gasteiger partial charge on any atom is 0.408 e. The molecule has 2 aromatic rings. The van der Waals surface area contributed by atoms with Gasteiger partial charge in [-0.1, -0.05) is 45.0 Å². The van der Waals surface area contributed by atoms with Gasteiger partial charge in [-0.25, -0.2) is 14.4 Å². The first-order chi connectivity index (χ1) is 41.6. The van der Waals surface area contributed by atoms with Crippen molar-refractivity contribution in [2.45, 2.75) is 136 Å². The van der Waals surface area contributed by atoms with E-state index in [-0.39, 0.29) is 77.1 Å². The monoisotopic (exact) mass is 1230 g/mol. The highest BCUT2D eigenvalue weighted by atomic mass is 16.6. The van der Waals surface area contributed by atoms with Gasteiger partial charge in [0, 0.05) is 45.7 Å². The van der Waals surface area contributed by atoms with Crippen molar-refractivity contribution in [1.29, 1.82) is 0 Å². The summed E-state index contributed by atoms with van der Waals surface area (Å²) in [5, 5.41) is 41.1. The number of primary amides is 1. The van der Waals surface area contributed by atoms with Crippen LogP contribution in [0, 0.1) is 29.6 Å². The normalized spacial score (nSPS) is 16.8. The van der Waals surface area contributed by atoms with Crippen molar-refractivity contribution < 1.29 is 81.5 Å². The number of likely N-dealkylation sites (N-methyl/N-ethyl adjacent to an activating group) is 1. The Morgan fingerprint density at radius 1 is 0.655 bits per heavy atom. The lowest BCUT2D eigenvalue weighted by Gasteiger charge is -2.27. The number of hydrogen-bond acceptors (Lipinski definition) is 18. The van der Waals surface area contributed by atoms with Crippen molar-refractivity contribution in [3.8, 4) is 0 Å². The number of alkyl carbamates (subject to hydrolysis) is 2. The predicted molar refractivity (Wildman–Crippen MR) is 313 cm³/mol. The van der Waals surface area contributed by atoms with Crippen LogP contribution in [0.25, 0.3) is 0 Å². The van der Waals surface area contributed by atoms with Gasteiger partial charge in [0.1, 0.15) is 36.8 Å². The van der Waals surface area contributed by atoms with Crippen molar-refractivity contribution >= 4 is 65.3 Å². The van der Waals surface area contributed by atoms with Crippen LogP contribution in [0.5, 0.6) is 0 Å². The Labute approximate surface area is 507 Å². The largest absolute Gasteiger partial charge is 0.481 e. The lowest BCUT2D eigenvalue weighted by molar-refractivity contribution is -0.138. The molecule has 2 aliphatic carbocycles. The molecule has 1 aromatic heterocycles. The van der Waals surface area contributed by atoms with Crippen LogP contribution in [0.2, 0.25) is 0 Å². The molecule has 3 unspecified atom stereocenters. The molecule has 8 atom stereocenters. The topological polar surface area (TPSA) is 411 Å². The van der Waals surface area contributed by atoms with Gasteiger partial charge >= 0.3 is 24.2 Å². The molecule has 0 spiro atoms. The Bertz CT molecular complexity index is 2550. The summed E-state index contributed by atoms with van der Waals surface area (Å²) >= 11 is 0. The number of aryl methyl sites for hydroxylation is 2. The molecule has 87 heavy (non-hydrogen) atoms.